The molecule has 0 aliphatic carbocycles. The number of nitrogens with two attached hydrogens (primary N) is 1. The second kappa shape index (κ2) is 3.93. The van der Waals surface area contributed by atoms with Gasteiger partial charge in [0.1, 0.15) is 11.9 Å². The molecule has 1 aromatic heterocycles. The van der Waals surface area contributed by atoms with E-state index in [9.17, 15) is 0 Å². The zero-order valence-corrected chi connectivity index (χ0v) is 6.53. The minimum Gasteiger partial charge on any atom is -0.488 e. The predicted octanol–water partition coefficient (Wildman–Crippen LogP) is 0.808. The van der Waals surface area contributed by atoms with Gasteiger partial charge in [-0.2, -0.15) is 0 Å². The van der Waals surface area contributed by atoms with Gasteiger partial charge >= 0.3 is 0 Å². The number of aromatic nitrogens is 1. The molecule has 0 aromatic carbocycles. The van der Waals surface area contributed by atoms with Crippen molar-refractivity contribution in [1.29, 1.82) is 0 Å². The van der Waals surface area contributed by atoms with Crippen LogP contribution in [-0.2, 0) is 0 Å². The summed E-state index contributed by atoms with van der Waals surface area (Å²) in [5.41, 5.74) is 5.37. The fraction of sp³-hybridized carbons (Fsp3) is 0.375. The fourth-order valence-electron chi connectivity index (χ4n) is 0.697. The second-order valence-electron chi connectivity index (χ2n) is 2.35. The summed E-state index contributed by atoms with van der Waals surface area (Å²) in [4.78, 5) is 3.91. The van der Waals surface area contributed by atoms with Gasteiger partial charge < -0.3 is 10.5 Å². The Kier molecular flexibility index (Phi) is 2.86. The van der Waals surface area contributed by atoms with Crippen LogP contribution in [0.25, 0.3) is 0 Å². The Hall–Kier alpha value is -1.09. The van der Waals surface area contributed by atoms with E-state index in [-0.39, 0.29) is 6.10 Å². The summed E-state index contributed by atoms with van der Waals surface area (Å²) in [6.45, 7) is 2.45. The Morgan fingerprint density at radius 3 is 3.09 bits per heavy atom. The van der Waals surface area contributed by atoms with E-state index in [0.717, 1.165) is 5.75 Å². The van der Waals surface area contributed by atoms with E-state index in [1.54, 1.807) is 12.4 Å². The Labute approximate surface area is 66.2 Å². The van der Waals surface area contributed by atoms with Crippen molar-refractivity contribution in [2.24, 2.45) is 5.73 Å². The van der Waals surface area contributed by atoms with E-state index in [0.29, 0.717) is 6.54 Å². The first-order valence-corrected chi connectivity index (χ1v) is 3.59. The minimum atomic E-state index is 0.0548. The van der Waals surface area contributed by atoms with Gasteiger partial charge in [-0.05, 0) is 19.1 Å². The smallest absolute Gasteiger partial charge is 0.138 e. The van der Waals surface area contributed by atoms with Crippen LogP contribution in [0.2, 0.25) is 0 Å². The van der Waals surface area contributed by atoms with Crippen LogP contribution >= 0.6 is 0 Å². The summed E-state index contributed by atoms with van der Waals surface area (Å²) < 4.78 is 5.38. The first-order chi connectivity index (χ1) is 5.33. The van der Waals surface area contributed by atoms with E-state index in [4.69, 9.17) is 10.5 Å². The lowest BCUT2D eigenvalue weighted by molar-refractivity contribution is 0.229. The highest BCUT2D eigenvalue weighted by atomic mass is 16.5. The van der Waals surface area contributed by atoms with Crippen LogP contribution in [0.3, 0.4) is 0 Å². The molecule has 1 atom stereocenters. The number of hydrogen-bond donors (Lipinski definition) is 1. The summed E-state index contributed by atoms with van der Waals surface area (Å²) in [6.07, 6.45) is 3.44. The molecule has 0 spiro atoms. The van der Waals surface area contributed by atoms with Crippen LogP contribution in [0, 0.1) is 0 Å². The first-order valence-electron chi connectivity index (χ1n) is 3.59. The topological polar surface area (TPSA) is 48.1 Å². The second-order valence-corrected chi connectivity index (χ2v) is 2.35. The van der Waals surface area contributed by atoms with E-state index in [2.05, 4.69) is 4.98 Å². The summed E-state index contributed by atoms with van der Waals surface area (Å²) in [6, 6.07) is 3.69. The third kappa shape index (κ3) is 2.55. The quantitative estimate of drug-likeness (QED) is 0.697. The molecule has 0 amide bonds. The number of hydrogen-bond acceptors (Lipinski definition) is 3. The Morgan fingerprint density at radius 2 is 2.55 bits per heavy atom. The van der Waals surface area contributed by atoms with Gasteiger partial charge in [0.15, 0.2) is 0 Å². The van der Waals surface area contributed by atoms with Crippen molar-refractivity contribution >= 4 is 0 Å². The molecular formula is C8H12N2O. The van der Waals surface area contributed by atoms with Crippen LogP contribution in [0.4, 0.5) is 0 Å². The number of nitrogens with zero attached hydrogens (tertiary/aromatic N) is 1. The normalized spacial score (nSPS) is 12.5. The Balaban J connectivity index is 2.51. The van der Waals surface area contributed by atoms with Crippen LogP contribution < -0.4 is 10.5 Å². The van der Waals surface area contributed by atoms with Crippen molar-refractivity contribution in [3.63, 3.8) is 0 Å². The van der Waals surface area contributed by atoms with Crippen LogP contribution in [0.15, 0.2) is 24.5 Å². The molecule has 0 aliphatic rings. The summed E-state index contributed by atoms with van der Waals surface area (Å²) in [5, 5.41) is 0. The van der Waals surface area contributed by atoms with Crippen molar-refractivity contribution in [2.75, 3.05) is 6.54 Å². The number of pyridine rings is 1. The molecule has 0 aliphatic heterocycles. The van der Waals surface area contributed by atoms with Gasteiger partial charge in [-0.15, -0.1) is 0 Å². The molecule has 2 N–H and O–H groups in total. The van der Waals surface area contributed by atoms with E-state index in [1.165, 1.54) is 0 Å². The molecule has 0 saturated heterocycles. The molecule has 3 heteroatoms. The summed E-state index contributed by atoms with van der Waals surface area (Å²) >= 11 is 0. The van der Waals surface area contributed by atoms with E-state index in [1.807, 2.05) is 19.1 Å². The van der Waals surface area contributed by atoms with E-state index >= 15 is 0 Å². The van der Waals surface area contributed by atoms with Gasteiger partial charge in [0, 0.05) is 12.7 Å². The van der Waals surface area contributed by atoms with Crippen LogP contribution in [0.5, 0.6) is 5.75 Å². The standard InChI is InChI=1S/C8H12N2O/c1-7(5-9)11-8-3-2-4-10-6-8/h2-4,6-7H,5,9H2,1H3. The van der Waals surface area contributed by atoms with E-state index < -0.39 is 0 Å². The fourth-order valence-corrected chi connectivity index (χ4v) is 0.697. The van der Waals surface area contributed by atoms with Crippen molar-refractivity contribution in [3.8, 4) is 5.75 Å². The molecule has 0 radical (unpaired) electrons. The van der Waals surface area contributed by atoms with Gasteiger partial charge in [-0.1, -0.05) is 0 Å². The molecule has 1 unspecified atom stereocenters. The zero-order chi connectivity index (χ0) is 8.10. The van der Waals surface area contributed by atoms with Gasteiger partial charge in [-0.3, -0.25) is 4.98 Å². The summed E-state index contributed by atoms with van der Waals surface area (Å²) in [5.74, 6) is 0.769. The van der Waals surface area contributed by atoms with Gasteiger partial charge in [0.05, 0.1) is 6.20 Å². The van der Waals surface area contributed by atoms with Crippen LogP contribution in [-0.4, -0.2) is 17.6 Å². The lowest BCUT2D eigenvalue weighted by atomic mass is 10.4. The molecule has 0 fully saturated rings. The molecule has 0 bridgehead atoms. The molecule has 1 rings (SSSR count). The maximum absolute atomic E-state index is 5.38. The highest BCUT2D eigenvalue weighted by Crippen LogP contribution is 2.07. The van der Waals surface area contributed by atoms with Gasteiger partial charge in [0.25, 0.3) is 0 Å². The highest BCUT2D eigenvalue weighted by molar-refractivity contribution is 5.15. The predicted molar refractivity (Wildman–Crippen MR) is 43.4 cm³/mol. The lowest BCUT2D eigenvalue weighted by Gasteiger charge is -2.10. The Bertz CT molecular complexity index is 201. The summed E-state index contributed by atoms with van der Waals surface area (Å²) in [7, 11) is 0. The van der Waals surface area contributed by atoms with Crippen molar-refractivity contribution in [3.05, 3.63) is 24.5 Å². The molecule has 11 heavy (non-hydrogen) atoms. The average molecular weight is 152 g/mol. The third-order valence-electron chi connectivity index (χ3n) is 1.30. The number of ether oxygens (including phenoxy) is 1. The zero-order valence-electron chi connectivity index (χ0n) is 6.53. The Morgan fingerprint density at radius 1 is 1.73 bits per heavy atom. The van der Waals surface area contributed by atoms with Gasteiger partial charge in [0.2, 0.25) is 0 Å². The maximum Gasteiger partial charge on any atom is 0.138 e. The maximum atomic E-state index is 5.38. The van der Waals surface area contributed by atoms with Crippen molar-refractivity contribution < 1.29 is 4.74 Å². The SMILES string of the molecule is CC(CN)Oc1cccnc1. The van der Waals surface area contributed by atoms with Crippen molar-refractivity contribution in [2.45, 2.75) is 13.0 Å². The molecule has 1 heterocycles. The molecule has 60 valence electrons. The molecule has 3 nitrogen and oxygen atoms in total. The molecule has 1 aromatic rings. The lowest BCUT2D eigenvalue weighted by Crippen LogP contribution is -2.22. The highest BCUT2D eigenvalue weighted by Gasteiger charge is 1.98. The van der Waals surface area contributed by atoms with Crippen molar-refractivity contribution in [1.82, 2.24) is 4.98 Å². The molecular weight excluding hydrogens is 140 g/mol. The van der Waals surface area contributed by atoms with Gasteiger partial charge in [-0.25, -0.2) is 0 Å². The molecule has 0 saturated carbocycles. The first kappa shape index (κ1) is 8.01. The third-order valence-corrected chi connectivity index (χ3v) is 1.30. The monoisotopic (exact) mass is 152 g/mol. The number of rotatable bonds is 3. The van der Waals surface area contributed by atoms with Crippen LogP contribution in [0.1, 0.15) is 6.92 Å². The average Bonchev–Trinajstić information content (AvgIpc) is 2.06. The largest absolute Gasteiger partial charge is 0.488 e. The minimum absolute atomic E-state index is 0.0548.